The van der Waals surface area contributed by atoms with Crippen molar-refractivity contribution >= 4 is 0 Å². The molecule has 5 heterocycles. The zero-order valence-electron chi connectivity index (χ0n) is 35.0. The van der Waals surface area contributed by atoms with Gasteiger partial charge in [0.25, 0.3) is 0 Å². The summed E-state index contributed by atoms with van der Waals surface area (Å²) in [7, 11) is 2.05. The summed E-state index contributed by atoms with van der Waals surface area (Å²) in [5.41, 5.74) is 4.92. The summed E-state index contributed by atoms with van der Waals surface area (Å²) in [6.45, 7) is 28.5. The molecule has 0 saturated heterocycles. The SMILES string of the molecule is CC(C)CCc1cccnc1.CC(C)CCn1ccnc1.CC(C)Cc1cocn1.Cc1nccn1CCC(C)C.Cc1ncn(C)c1CC(C)C. The van der Waals surface area contributed by atoms with Crippen LogP contribution in [0, 0.1) is 43.4 Å². The highest BCUT2D eigenvalue weighted by molar-refractivity contribution is 5.11. The van der Waals surface area contributed by atoms with Crippen LogP contribution in [-0.2, 0) is 39.4 Å². The Kier molecular flexibility index (Phi) is 23.6. The van der Waals surface area contributed by atoms with Crippen LogP contribution >= 0.6 is 0 Å². The quantitative estimate of drug-likeness (QED) is 0.120. The highest BCUT2D eigenvalue weighted by Gasteiger charge is 2.05. The molecule has 0 amide bonds. The van der Waals surface area contributed by atoms with Crippen molar-refractivity contribution in [1.29, 1.82) is 0 Å². The Labute approximate surface area is 316 Å². The second-order valence-electron chi connectivity index (χ2n) is 15.7. The number of hydrogen-bond acceptors (Lipinski definition) is 6. The molecule has 0 aliphatic rings. The fourth-order valence-electron chi connectivity index (χ4n) is 4.87. The van der Waals surface area contributed by atoms with Gasteiger partial charge in [0.2, 0.25) is 0 Å². The highest BCUT2D eigenvalue weighted by atomic mass is 16.3. The van der Waals surface area contributed by atoms with E-state index in [0.29, 0.717) is 11.8 Å². The number of rotatable bonds is 13. The Balaban J connectivity index is 0.000000326. The van der Waals surface area contributed by atoms with Crippen LogP contribution in [0.3, 0.4) is 0 Å². The Bertz CT molecular complexity index is 1480. The van der Waals surface area contributed by atoms with Gasteiger partial charge < -0.3 is 18.1 Å². The number of imidazole rings is 3. The molecule has 0 fully saturated rings. The van der Waals surface area contributed by atoms with Crippen LogP contribution in [-0.4, -0.2) is 38.6 Å². The first-order valence-corrected chi connectivity index (χ1v) is 19.3. The van der Waals surface area contributed by atoms with Gasteiger partial charge >= 0.3 is 0 Å². The Morgan fingerprint density at radius 3 is 1.81 bits per heavy atom. The molecule has 9 heteroatoms. The second-order valence-corrected chi connectivity index (χ2v) is 15.7. The van der Waals surface area contributed by atoms with Gasteiger partial charge in [0, 0.05) is 63.0 Å². The van der Waals surface area contributed by atoms with Gasteiger partial charge in [-0.2, -0.15) is 0 Å². The summed E-state index contributed by atoms with van der Waals surface area (Å²) in [5, 5.41) is 0. The summed E-state index contributed by atoms with van der Waals surface area (Å²) >= 11 is 0. The number of oxazole rings is 1. The fraction of sp³-hybridized carbons (Fsp3) is 0.605. The summed E-state index contributed by atoms with van der Waals surface area (Å²) < 4.78 is 11.2. The van der Waals surface area contributed by atoms with E-state index in [4.69, 9.17) is 4.42 Å². The largest absolute Gasteiger partial charge is 0.451 e. The van der Waals surface area contributed by atoms with Crippen LogP contribution in [0.4, 0.5) is 0 Å². The summed E-state index contributed by atoms with van der Waals surface area (Å²) in [6.07, 6.45) is 25.4. The van der Waals surface area contributed by atoms with Crippen molar-refractivity contribution < 1.29 is 4.42 Å². The van der Waals surface area contributed by atoms with E-state index in [-0.39, 0.29) is 0 Å². The van der Waals surface area contributed by atoms with Gasteiger partial charge in [-0.1, -0.05) is 75.3 Å². The predicted molar refractivity (Wildman–Crippen MR) is 217 cm³/mol. The minimum atomic E-state index is 0.662. The first kappa shape index (κ1) is 46.0. The Hall–Kier alpha value is -4.01. The number of aryl methyl sites for hydroxylation is 6. The molecule has 0 saturated carbocycles. The van der Waals surface area contributed by atoms with Crippen molar-refractivity contribution in [2.75, 3.05) is 0 Å². The highest BCUT2D eigenvalue weighted by Crippen LogP contribution is 2.11. The van der Waals surface area contributed by atoms with Crippen LogP contribution in [0.25, 0.3) is 0 Å². The number of pyridine rings is 1. The van der Waals surface area contributed by atoms with Crippen LogP contribution < -0.4 is 0 Å². The van der Waals surface area contributed by atoms with Gasteiger partial charge in [-0.25, -0.2) is 19.9 Å². The van der Waals surface area contributed by atoms with Gasteiger partial charge in [-0.3, -0.25) is 4.98 Å². The van der Waals surface area contributed by atoms with Crippen molar-refractivity contribution in [2.24, 2.45) is 36.6 Å². The van der Waals surface area contributed by atoms with Crippen molar-refractivity contribution in [3.05, 3.63) is 103 Å². The van der Waals surface area contributed by atoms with Gasteiger partial charge in [0.05, 0.1) is 24.0 Å². The average molecular weight is 717 g/mol. The molecule has 0 aliphatic heterocycles. The average Bonchev–Trinajstić information content (AvgIpc) is 3.92. The summed E-state index contributed by atoms with van der Waals surface area (Å²) in [5.74, 6) is 4.83. The molecular weight excluding hydrogens is 645 g/mol. The van der Waals surface area contributed by atoms with Crippen molar-refractivity contribution in [1.82, 2.24) is 38.6 Å². The predicted octanol–water partition coefficient (Wildman–Crippen LogP) is 10.6. The third-order valence-electron chi connectivity index (χ3n) is 8.10. The lowest BCUT2D eigenvalue weighted by Crippen LogP contribution is -2.01. The van der Waals surface area contributed by atoms with Crippen LogP contribution in [0.2, 0.25) is 0 Å². The Morgan fingerprint density at radius 1 is 0.673 bits per heavy atom. The van der Waals surface area contributed by atoms with Crippen LogP contribution in [0.15, 0.2) is 79.0 Å². The lowest BCUT2D eigenvalue weighted by molar-refractivity contribution is 0.510. The van der Waals surface area contributed by atoms with Crippen LogP contribution in [0.5, 0.6) is 0 Å². The topological polar surface area (TPSA) is 92.4 Å². The minimum absolute atomic E-state index is 0.662. The van der Waals surface area contributed by atoms with Gasteiger partial charge in [0.1, 0.15) is 12.1 Å². The minimum Gasteiger partial charge on any atom is -0.451 e. The molecular formula is C43H72N8O. The van der Waals surface area contributed by atoms with E-state index in [0.717, 1.165) is 61.6 Å². The van der Waals surface area contributed by atoms with E-state index in [2.05, 4.69) is 128 Å². The first-order valence-electron chi connectivity index (χ1n) is 19.3. The van der Waals surface area contributed by atoms with E-state index >= 15 is 0 Å². The molecule has 52 heavy (non-hydrogen) atoms. The standard InChI is InChI=1S/C10H15N.2C9H16N2.C8H14N2.C7H11NO/c1-9(2)5-6-10-4-3-7-11-8-10;1-7(2)5-9-8(3)10-6-11(9)4;1-8(2)4-6-11-7-5-10-9(11)3;1-8(2)3-5-10-6-4-9-7-10;1-6(2)3-7-4-9-5-8-7/h3-4,7-9H,5-6H2,1-2H3;6-7H,5H2,1-4H3;5,7-8H,4,6H2,1-3H3;4,6-8H,3,5H2,1-2H3;4-6H,3H2,1-2H3. The first-order chi connectivity index (χ1) is 24.7. The van der Waals surface area contributed by atoms with E-state index in [1.165, 1.54) is 42.6 Å². The molecule has 0 aromatic carbocycles. The molecule has 5 aromatic heterocycles. The van der Waals surface area contributed by atoms with Gasteiger partial charge in [0.15, 0.2) is 6.39 Å². The van der Waals surface area contributed by atoms with E-state index in [9.17, 15) is 0 Å². The molecule has 0 spiro atoms. The van der Waals surface area contributed by atoms with Gasteiger partial charge in [-0.15, -0.1) is 0 Å². The van der Waals surface area contributed by atoms with E-state index in [1.807, 2.05) is 62.8 Å². The smallest absolute Gasteiger partial charge is 0.180 e. The van der Waals surface area contributed by atoms with E-state index < -0.39 is 0 Å². The molecule has 290 valence electrons. The maximum atomic E-state index is 4.80. The number of aromatic nitrogens is 8. The number of nitrogens with zero attached hydrogens (tertiary/aromatic N) is 8. The summed E-state index contributed by atoms with van der Waals surface area (Å²) in [6, 6.07) is 4.13. The van der Waals surface area contributed by atoms with Crippen molar-refractivity contribution in [3.8, 4) is 0 Å². The fourth-order valence-corrected chi connectivity index (χ4v) is 4.87. The maximum absolute atomic E-state index is 4.80. The molecule has 0 bridgehead atoms. The molecule has 0 radical (unpaired) electrons. The molecule has 5 aromatic rings. The molecule has 5 rings (SSSR count). The molecule has 0 atom stereocenters. The zero-order valence-corrected chi connectivity index (χ0v) is 35.0. The lowest BCUT2D eigenvalue weighted by atomic mass is 10.0. The Morgan fingerprint density at radius 2 is 1.35 bits per heavy atom. The number of hydrogen-bond donors (Lipinski definition) is 0. The molecule has 0 aliphatic carbocycles. The lowest BCUT2D eigenvalue weighted by Gasteiger charge is -2.06. The monoisotopic (exact) mass is 717 g/mol. The summed E-state index contributed by atoms with van der Waals surface area (Å²) in [4.78, 5) is 20.4. The molecule has 9 nitrogen and oxygen atoms in total. The third kappa shape index (κ3) is 22.7. The maximum Gasteiger partial charge on any atom is 0.180 e. The zero-order chi connectivity index (χ0) is 38.9. The third-order valence-corrected chi connectivity index (χ3v) is 8.10. The second kappa shape index (κ2) is 26.7. The van der Waals surface area contributed by atoms with Crippen molar-refractivity contribution in [3.63, 3.8) is 0 Å². The molecule has 0 N–H and O–H groups in total. The molecule has 0 unspecified atom stereocenters. The van der Waals surface area contributed by atoms with Crippen molar-refractivity contribution in [2.45, 2.75) is 135 Å². The van der Waals surface area contributed by atoms with Crippen LogP contribution in [0.1, 0.15) is 117 Å². The van der Waals surface area contributed by atoms with Gasteiger partial charge in [-0.05, 0) is 93.6 Å². The van der Waals surface area contributed by atoms with E-state index in [1.54, 1.807) is 6.26 Å². The normalized spacial score (nSPS) is 10.7.